The number of aromatic amines is 1. The van der Waals surface area contributed by atoms with Gasteiger partial charge in [-0.3, -0.25) is 0 Å². The highest BCUT2D eigenvalue weighted by atomic mass is 32.2. The summed E-state index contributed by atoms with van der Waals surface area (Å²) in [6, 6.07) is 8.80. The van der Waals surface area contributed by atoms with E-state index in [2.05, 4.69) is 19.9 Å². The molecule has 34 heavy (non-hydrogen) atoms. The molecule has 0 amide bonds. The number of H-pyrrole nitrogens is 1. The number of nitrogens with one attached hydrogen (secondary N) is 1. The third-order valence-corrected chi connectivity index (χ3v) is 5.80. The summed E-state index contributed by atoms with van der Waals surface area (Å²) in [5, 5.41) is 18.5. The molecule has 4 rings (SSSR count). The summed E-state index contributed by atoms with van der Waals surface area (Å²) in [5.74, 6) is 1.33. The zero-order valence-corrected chi connectivity index (χ0v) is 19.3. The molecule has 0 aliphatic carbocycles. The fourth-order valence-electron chi connectivity index (χ4n) is 3.14. The molecule has 1 aliphatic rings. The number of aliphatic hydroxyl groups is 2. The number of sulfone groups is 1. The van der Waals surface area contributed by atoms with Crippen molar-refractivity contribution in [1.82, 2.24) is 15.0 Å². The molecular formula is C22H24N4O7S. The molecule has 3 aromatic rings. The lowest BCUT2D eigenvalue weighted by molar-refractivity contribution is 0.129. The maximum absolute atomic E-state index is 11.6. The highest BCUT2D eigenvalue weighted by molar-refractivity contribution is 7.90. The van der Waals surface area contributed by atoms with Crippen LogP contribution in [0.5, 0.6) is 17.4 Å². The van der Waals surface area contributed by atoms with Crippen molar-refractivity contribution in [3.05, 3.63) is 48.4 Å². The van der Waals surface area contributed by atoms with Gasteiger partial charge in [0.2, 0.25) is 11.8 Å². The molecule has 11 nitrogen and oxygen atoms in total. The number of ether oxygens (including phenoxy) is 3. The average Bonchev–Trinajstić information content (AvgIpc) is 3.48. The quantitative estimate of drug-likeness (QED) is 0.407. The molecule has 0 saturated heterocycles. The molecule has 180 valence electrons. The van der Waals surface area contributed by atoms with Gasteiger partial charge in [-0.15, -0.1) is 0 Å². The smallest absolute Gasteiger partial charge is 0.237 e. The van der Waals surface area contributed by atoms with E-state index >= 15 is 0 Å². The Morgan fingerprint density at radius 3 is 2.56 bits per heavy atom. The highest BCUT2D eigenvalue weighted by Gasteiger charge is 2.21. The van der Waals surface area contributed by atoms with Gasteiger partial charge in [0.05, 0.1) is 32.2 Å². The van der Waals surface area contributed by atoms with Crippen molar-refractivity contribution in [1.29, 1.82) is 0 Å². The first-order valence-electron chi connectivity index (χ1n) is 10.4. The summed E-state index contributed by atoms with van der Waals surface area (Å²) >= 11 is 0. The zero-order valence-electron chi connectivity index (χ0n) is 18.5. The number of hydrogen-bond donors (Lipinski definition) is 3. The van der Waals surface area contributed by atoms with Gasteiger partial charge < -0.3 is 29.4 Å². The van der Waals surface area contributed by atoms with Crippen LogP contribution in [0.1, 0.15) is 12.6 Å². The van der Waals surface area contributed by atoms with Gasteiger partial charge in [0.15, 0.2) is 14.9 Å². The second-order valence-electron chi connectivity index (χ2n) is 7.73. The topological polar surface area (TPSA) is 156 Å². The highest BCUT2D eigenvalue weighted by Crippen LogP contribution is 2.32. The van der Waals surface area contributed by atoms with Gasteiger partial charge in [0, 0.05) is 23.6 Å². The molecule has 12 heteroatoms. The molecular weight excluding hydrogens is 464 g/mol. The summed E-state index contributed by atoms with van der Waals surface area (Å²) in [5.41, 5.74) is 2.09. The van der Waals surface area contributed by atoms with Crippen LogP contribution in [0.4, 0.5) is 0 Å². The summed E-state index contributed by atoms with van der Waals surface area (Å²) in [6.07, 6.45) is 2.59. The summed E-state index contributed by atoms with van der Waals surface area (Å²) in [6.45, 7) is 1.83. The van der Waals surface area contributed by atoms with E-state index in [0.29, 0.717) is 35.2 Å². The average molecular weight is 489 g/mol. The molecule has 3 N–H and O–H groups in total. The maximum Gasteiger partial charge on any atom is 0.237 e. The molecule has 2 atom stereocenters. The Labute approximate surface area is 196 Å². The largest absolute Gasteiger partial charge is 0.488 e. The molecule has 0 spiro atoms. The second kappa shape index (κ2) is 9.79. The van der Waals surface area contributed by atoms with E-state index in [0.717, 1.165) is 18.1 Å². The minimum atomic E-state index is -3.48. The first-order valence-corrected chi connectivity index (χ1v) is 12.3. The van der Waals surface area contributed by atoms with E-state index in [1.807, 2.05) is 12.1 Å². The third kappa shape index (κ3) is 5.53. The predicted octanol–water partition coefficient (Wildman–Crippen LogP) is 1.56. The second-order valence-corrected chi connectivity index (χ2v) is 9.69. The lowest BCUT2D eigenvalue weighted by Gasteiger charge is -2.15. The van der Waals surface area contributed by atoms with Crippen molar-refractivity contribution in [2.24, 2.45) is 4.99 Å². The van der Waals surface area contributed by atoms with Crippen molar-refractivity contribution >= 4 is 15.7 Å². The van der Waals surface area contributed by atoms with Gasteiger partial charge in [-0.2, -0.15) is 0 Å². The van der Waals surface area contributed by atoms with E-state index in [1.165, 1.54) is 6.20 Å². The lowest BCUT2D eigenvalue weighted by Crippen LogP contribution is -2.17. The molecule has 3 heterocycles. The van der Waals surface area contributed by atoms with Gasteiger partial charge in [-0.25, -0.2) is 23.4 Å². The van der Waals surface area contributed by atoms with E-state index in [9.17, 15) is 18.6 Å². The van der Waals surface area contributed by atoms with Gasteiger partial charge >= 0.3 is 0 Å². The van der Waals surface area contributed by atoms with Crippen LogP contribution in [0.3, 0.4) is 0 Å². The Hall–Kier alpha value is -3.48. The molecule has 0 unspecified atom stereocenters. The Bertz CT molecular complexity index is 1290. The van der Waals surface area contributed by atoms with Gasteiger partial charge in [0.25, 0.3) is 0 Å². The van der Waals surface area contributed by atoms with E-state index in [-0.39, 0.29) is 30.2 Å². The van der Waals surface area contributed by atoms with Crippen LogP contribution in [0, 0.1) is 0 Å². The van der Waals surface area contributed by atoms with Crippen LogP contribution < -0.4 is 9.47 Å². The van der Waals surface area contributed by atoms with E-state index in [4.69, 9.17) is 14.2 Å². The SMILES string of the molecule is C[C@@H](CO)Oc1cc(Oc2cnc(S(C)(=O)=O)cn2)cc(-c2ccc(C3=NC[C@H](CO)O3)[nH]2)c1. The van der Waals surface area contributed by atoms with Crippen molar-refractivity contribution in [3.63, 3.8) is 0 Å². The number of nitrogens with zero attached hydrogens (tertiary/aromatic N) is 3. The molecule has 0 fully saturated rings. The number of benzene rings is 1. The molecule has 0 saturated carbocycles. The van der Waals surface area contributed by atoms with Crippen molar-refractivity contribution in [2.75, 3.05) is 26.0 Å². The molecule has 1 aromatic carbocycles. The summed E-state index contributed by atoms with van der Waals surface area (Å²) < 4.78 is 40.4. The Morgan fingerprint density at radius 1 is 1.15 bits per heavy atom. The third-order valence-electron chi connectivity index (χ3n) is 4.83. The maximum atomic E-state index is 11.6. The normalized spacial score (nSPS) is 16.6. The fraction of sp³-hybridized carbons (Fsp3) is 0.318. The number of aliphatic imine (C=N–C) groups is 1. The molecule has 2 aromatic heterocycles. The van der Waals surface area contributed by atoms with Gasteiger partial charge in [-0.05, 0) is 31.2 Å². The minimum Gasteiger partial charge on any atom is -0.488 e. The Balaban J connectivity index is 1.63. The van der Waals surface area contributed by atoms with E-state index < -0.39 is 15.9 Å². The Kier molecular flexibility index (Phi) is 6.82. The van der Waals surface area contributed by atoms with Gasteiger partial charge in [-0.1, -0.05) is 0 Å². The number of aliphatic hydroxyl groups excluding tert-OH is 2. The Morgan fingerprint density at radius 2 is 1.91 bits per heavy atom. The van der Waals surface area contributed by atoms with Crippen LogP contribution in [0.2, 0.25) is 0 Å². The van der Waals surface area contributed by atoms with Crippen LogP contribution in [0.25, 0.3) is 11.3 Å². The number of hydrogen-bond acceptors (Lipinski definition) is 10. The van der Waals surface area contributed by atoms with Crippen molar-refractivity contribution in [2.45, 2.75) is 24.2 Å². The van der Waals surface area contributed by atoms with Crippen LogP contribution >= 0.6 is 0 Å². The van der Waals surface area contributed by atoms with Crippen LogP contribution in [-0.2, 0) is 14.6 Å². The van der Waals surface area contributed by atoms with Crippen molar-refractivity contribution in [3.8, 4) is 28.6 Å². The molecule has 0 radical (unpaired) electrons. The molecule has 0 bridgehead atoms. The first kappa shape index (κ1) is 23.7. The van der Waals surface area contributed by atoms with Crippen LogP contribution in [0.15, 0.2) is 52.7 Å². The van der Waals surface area contributed by atoms with Crippen molar-refractivity contribution < 1.29 is 32.8 Å². The summed E-state index contributed by atoms with van der Waals surface area (Å²) in [4.78, 5) is 15.4. The van der Waals surface area contributed by atoms with Crippen LogP contribution in [-0.4, -0.2) is 77.7 Å². The number of aromatic nitrogens is 3. The monoisotopic (exact) mass is 488 g/mol. The standard InChI is InChI=1S/C22H24N4O7S/c1-13(11-27)31-15-5-14(18-3-4-19(26-18)22-25-8-17(12-28)33-22)6-16(7-15)32-20-9-24-21(10-23-20)34(2,29)30/h3-7,9-10,13,17,26-28H,8,11-12H2,1-2H3/t13-,17+/m0/s1. The first-order chi connectivity index (χ1) is 16.2. The number of rotatable bonds is 9. The van der Waals surface area contributed by atoms with E-state index in [1.54, 1.807) is 25.1 Å². The lowest BCUT2D eigenvalue weighted by atomic mass is 10.1. The summed E-state index contributed by atoms with van der Waals surface area (Å²) in [7, 11) is -3.48. The van der Waals surface area contributed by atoms with Gasteiger partial charge in [0.1, 0.15) is 29.4 Å². The molecule has 1 aliphatic heterocycles. The predicted molar refractivity (Wildman–Crippen MR) is 122 cm³/mol. The fourth-order valence-corrected chi connectivity index (χ4v) is 3.63. The minimum absolute atomic E-state index is 0.0987. The zero-order chi connectivity index (χ0) is 24.3.